The quantitative estimate of drug-likeness (QED) is 0.904. The van der Waals surface area contributed by atoms with Gasteiger partial charge in [-0.15, -0.1) is 0 Å². The third kappa shape index (κ3) is 3.18. The average molecular weight is 260 g/mol. The molecule has 102 valence electrons. The summed E-state index contributed by atoms with van der Waals surface area (Å²) in [7, 11) is 0. The van der Waals surface area contributed by atoms with Gasteiger partial charge in [0.05, 0.1) is 0 Å². The molecule has 19 heavy (non-hydrogen) atoms. The molecule has 4 heteroatoms. The summed E-state index contributed by atoms with van der Waals surface area (Å²) in [5, 5.41) is 12.0. The second kappa shape index (κ2) is 5.50. The minimum atomic E-state index is -0.201. The van der Waals surface area contributed by atoms with Crippen LogP contribution in [0.2, 0.25) is 0 Å². The van der Waals surface area contributed by atoms with E-state index >= 15 is 0 Å². The molecule has 0 bridgehead atoms. The molecule has 4 nitrogen and oxygen atoms in total. The van der Waals surface area contributed by atoms with Crippen LogP contribution in [0, 0.1) is 11.3 Å². The molecule has 1 heterocycles. The van der Waals surface area contributed by atoms with Gasteiger partial charge in [-0.1, -0.05) is 13.0 Å². The number of benzene rings is 1. The van der Waals surface area contributed by atoms with E-state index in [1.54, 1.807) is 0 Å². The number of nitrogens with one attached hydrogen (secondary N) is 1. The topological polar surface area (TPSA) is 54.3 Å². The van der Waals surface area contributed by atoms with Crippen LogP contribution in [0.4, 0.5) is 0 Å². The number of nitriles is 1. The zero-order valence-electron chi connectivity index (χ0n) is 11.7. The second-order valence-electron chi connectivity index (χ2n) is 5.32. The van der Waals surface area contributed by atoms with E-state index in [-0.39, 0.29) is 12.2 Å². The standard InChI is InChI=1S/C15H20N2O2/c1-4-17-13-10-15(2,3)19-14-9-11(18-8-7-16)5-6-12(13)14/h5-6,9,13,17H,4,8,10H2,1-3H3. The van der Waals surface area contributed by atoms with Crippen LogP contribution in [-0.2, 0) is 0 Å². The Labute approximate surface area is 114 Å². The summed E-state index contributed by atoms with van der Waals surface area (Å²) in [6, 6.07) is 8.05. The van der Waals surface area contributed by atoms with Crippen LogP contribution >= 0.6 is 0 Å². The molecular weight excluding hydrogens is 240 g/mol. The lowest BCUT2D eigenvalue weighted by Crippen LogP contribution is -2.39. The van der Waals surface area contributed by atoms with Gasteiger partial charge in [0.15, 0.2) is 6.61 Å². The lowest BCUT2D eigenvalue weighted by molar-refractivity contribution is 0.0661. The highest BCUT2D eigenvalue weighted by atomic mass is 16.5. The first-order chi connectivity index (χ1) is 9.05. The third-order valence-electron chi connectivity index (χ3n) is 3.20. The van der Waals surface area contributed by atoms with Gasteiger partial charge in [0.1, 0.15) is 23.2 Å². The van der Waals surface area contributed by atoms with Gasteiger partial charge in [-0.3, -0.25) is 0 Å². The molecule has 0 radical (unpaired) electrons. The van der Waals surface area contributed by atoms with Crippen molar-refractivity contribution in [3.8, 4) is 17.6 Å². The fraction of sp³-hybridized carbons (Fsp3) is 0.533. The van der Waals surface area contributed by atoms with Crippen molar-refractivity contribution in [2.24, 2.45) is 0 Å². The normalized spacial score (nSPS) is 20.0. The lowest BCUT2D eigenvalue weighted by atomic mass is 9.89. The Morgan fingerprint density at radius 2 is 2.32 bits per heavy atom. The van der Waals surface area contributed by atoms with Gasteiger partial charge in [-0.05, 0) is 26.5 Å². The molecule has 1 unspecified atom stereocenters. The molecular formula is C15H20N2O2. The molecule has 0 aromatic heterocycles. The van der Waals surface area contributed by atoms with Crippen LogP contribution in [0.5, 0.6) is 11.5 Å². The van der Waals surface area contributed by atoms with Crippen LogP contribution in [0.3, 0.4) is 0 Å². The van der Waals surface area contributed by atoms with Crippen molar-refractivity contribution in [1.82, 2.24) is 5.32 Å². The average Bonchev–Trinajstić information content (AvgIpc) is 2.35. The van der Waals surface area contributed by atoms with E-state index in [0.29, 0.717) is 11.8 Å². The molecule has 2 rings (SSSR count). The van der Waals surface area contributed by atoms with Gasteiger partial charge in [0.2, 0.25) is 0 Å². The number of ether oxygens (including phenoxy) is 2. The van der Waals surface area contributed by atoms with Gasteiger partial charge in [-0.25, -0.2) is 0 Å². The van der Waals surface area contributed by atoms with E-state index in [9.17, 15) is 0 Å². The molecule has 1 aliphatic heterocycles. The number of nitrogens with zero attached hydrogens (tertiary/aromatic N) is 1. The molecule has 0 aliphatic carbocycles. The summed E-state index contributed by atoms with van der Waals surface area (Å²) in [4.78, 5) is 0. The van der Waals surface area contributed by atoms with E-state index < -0.39 is 0 Å². The maximum Gasteiger partial charge on any atom is 0.174 e. The zero-order valence-corrected chi connectivity index (χ0v) is 11.7. The molecule has 1 aromatic carbocycles. The second-order valence-corrected chi connectivity index (χ2v) is 5.32. The van der Waals surface area contributed by atoms with Gasteiger partial charge in [0.25, 0.3) is 0 Å². The van der Waals surface area contributed by atoms with Crippen molar-refractivity contribution >= 4 is 0 Å². The lowest BCUT2D eigenvalue weighted by Gasteiger charge is -2.38. The SMILES string of the molecule is CCNC1CC(C)(C)Oc2cc(OCC#N)ccc21. The Bertz CT molecular complexity index is 491. The molecule has 0 fully saturated rings. The third-order valence-corrected chi connectivity index (χ3v) is 3.20. The summed E-state index contributed by atoms with van der Waals surface area (Å²) in [5.74, 6) is 1.52. The summed E-state index contributed by atoms with van der Waals surface area (Å²) >= 11 is 0. The van der Waals surface area contributed by atoms with Gasteiger partial charge < -0.3 is 14.8 Å². The van der Waals surface area contributed by atoms with Crippen molar-refractivity contribution in [3.05, 3.63) is 23.8 Å². The molecule has 0 saturated carbocycles. The first-order valence-corrected chi connectivity index (χ1v) is 6.62. The molecule has 1 aliphatic rings. The highest BCUT2D eigenvalue weighted by molar-refractivity contribution is 5.44. The highest BCUT2D eigenvalue weighted by Crippen LogP contribution is 2.41. The smallest absolute Gasteiger partial charge is 0.174 e. The fourth-order valence-corrected chi connectivity index (χ4v) is 2.47. The van der Waals surface area contributed by atoms with Crippen molar-refractivity contribution in [2.45, 2.75) is 38.8 Å². The predicted molar refractivity (Wildman–Crippen MR) is 73.3 cm³/mol. The molecule has 1 aromatic rings. The Balaban J connectivity index is 2.29. The van der Waals surface area contributed by atoms with Crippen molar-refractivity contribution in [2.75, 3.05) is 13.2 Å². The molecule has 1 N–H and O–H groups in total. The largest absolute Gasteiger partial charge is 0.487 e. The van der Waals surface area contributed by atoms with Crippen LogP contribution in [0.15, 0.2) is 18.2 Å². The molecule has 0 amide bonds. The van der Waals surface area contributed by atoms with E-state index in [2.05, 4.69) is 26.1 Å². The number of hydrogen-bond acceptors (Lipinski definition) is 4. The molecule has 0 saturated heterocycles. The summed E-state index contributed by atoms with van der Waals surface area (Å²) in [5.41, 5.74) is 0.957. The van der Waals surface area contributed by atoms with Gasteiger partial charge in [0, 0.05) is 24.1 Å². The highest BCUT2D eigenvalue weighted by Gasteiger charge is 2.33. The van der Waals surface area contributed by atoms with E-state index in [1.807, 2.05) is 24.3 Å². The van der Waals surface area contributed by atoms with Crippen molar-refractivity contribution in [1.29, 1.82) is 5.26 Å². The minimum absolute atomic E-state index is 0.0544. The number of rotatable bonds is 4. The monoisotopic (exact) mass is 260 g/mol. The van der Waals surface area contributed by atoms with Crippen LogP contribution in [0.25, 0.3) is 0 Å². The molecule has 0 spiro atoms. The Hall–Kier alpha value is -1.73. The van der Waals surface area contributed by atoms with Crippen molar-refractivity contribution < 1.29 is 9.47 Å². The molecule has 1 atom stereocenters. The van der Waals surface area contributed by atoms with Crippen LogP contribution < -0.4 is 14.8 Å². The van der Waals surface area contributed by atoms with E-state index in [0.717, 1.165) is 24.3 Å². The van der Waals surface area contributed by atoms with E-state index in [4.69, 9.17) is 14.7 Å². The summed E-state index contributed by atoms with van der Waals surface area (Å²) in [6.45, 7) is 7.25. The van der Waals surface area contributed by atoms with E-state index in [1.165, 1.54) is 0 Å². The Kier molecular flexibility index (Phi) is 3.96. The first kappa shape index (κ1) is 13.7. The van der Waals surface area contributed by atoms with Crippen molar-refractivity contribution in [3.63, 3.8) is 0 Å². The van der Waals surface area contributed by atoms with Crippen LogP contribution in [-0.4, -0.2) is 18.8 Å². The maximum absolute atomic E-state index is 8.54. The minimum Gasteiger partial charge on any atom is -0.487 e. The number of fused-ring (bicyclic) bond motifs is 1. The Morgan fingerprint density at radius 1 is 1.53 bits per heavy atom. The fourth-order valence-electron chi connectivity index (χ4n) is 2.47. The Morgan fingerprint density at radius 3 is 3.00 bits per heavy atom. The first-order valence-electron chi connectivity index (χ1n) is 6.62. The van der Waals surface area contributed by atoms with Gasteiger partial charge >= 0.3 is 0 Å². The van der Waals surface area contributed by atoms with Gasteiger partial charge in [-0.2, -0.15) is 5.26 Å². The number of hydrogen-bond donors (Lipinski definition) is 1. The predicted octanol–water partition coefficient (Wildman–Crippen LogP) is 2.80. The maximum atomic E-state index is 8.54. The zero-order chi connectivity index (χ0) is 13.9. The van der Waals surface area contributed by atoms with Crippen LogP contribution in [0.1, 0.15) is 38.8 Å². The summed E-state index contributed by atoms with van der Waals surface area (Å²) in [6.07, 6.45) is 0.937. The summed E-state index contributed by atoms with van der Waals surface area (Å²) < 4.78 is 11.3.